The van der Waals surface area contributed by atoms with Gasteiger partial charge in [-0.1, -0.05) is 26.2 Å². The number of hydrogen-bond donors (Lipinski definition) is 2. The van der Waals surface area contributed by atoms with Crippen molar-refractivity contribution in [2.24, 2.45) is 11.8 Å². The number of unbranched alkanes of at least 4 members (excludes halogenated alkanes) is 3. The largest absolute Gasteiger partial charge is 0.375 e. The fraction of sp³-hybridized carbons (Fsp3) is 0.882. The van der Waals surface area contributed by atoms with Crippen LogP contribution >= 0.6 is 0 Å². The summed E-state index contributed by atoms with van der Waals surface area (Å²) in [6.45, 7) is 2.73. The van der Waals surface area contributed by atoms with Gasteiger partial charge in [0.25, 0.3) is 0 Å². The van der Waals surface area contributed by atoms with E-state index in [0.717, 1.165) is 19.3 Å². The molecule has 6 nitrogen and oxygen atoms in total. The SMILES string of the molecule is CCCCCCOC1CC2OC3NC(=O)NC(=O)C3CC2CC1F. The van der Waals surface area contributed by atoms with Crippen LogP contribution in [-0.2, 0) is 14.3 Å². The number of alkyl halides is 1. The molecule has 2 heterocycles. The summed E-state index contributed by atoms with van der Waals surface area (Å²) >= 11 is 0. The molecule has 0 radical (unpaired) electrons. The van der Waals surface area contributed by atoms with Crippen molar-refractivity contribution >= 4 is 11.9 Å². The van der Waals surface area contributed by atoms with Crippen LogP contribution in [0, 0.1) is 11.8 Å². The van der Waals surface area contributed by atoms with Crippen LogP contribution in [0.15, 0.2) is 0 Å². The zero-order chi connectivity index (χ0) is 17.1. The molecule has 0 bridgehead atoms. The molecule has 0 aromatic carbocycles. The maximum Gasteiger partial charge on any atom is 0.323 e. The molecule has 3 amide bonds. The summed E-state index contributed by atoms with van der Waals surface area (Å²) in [6, 6.07) is -0.525. The number of rotatable bonds is 6. The number of urea groups is 1. The number of carbonyl (C=O) groups excluding carboxylic acids is 2. The molecule has 136 valence electrons. The molecule has 3 fully saturated rings. The molecule has 6 atom stereocenters. The number of carbonyl (C=O) groups is 2. The third-order valence-electron chi connectivity index (χ3n) is 5.34. The number of nitrogens with one attached hydrogen (secondary N) is 2. The van der Waals surface area contributed by atoms with E-state index in [9.17, 15) is 14.0 Å². The van der Waals surface area contributed by atoms with E-state index < -0.39 is 30.5 Å². The van der Waals surface area contributed by atoms with Crippen LogP contribution in [0.4, 0.5) is 9.18 Å². The molecule has 0 aromatic rings. The van der Waals surface area contributed by atoms with Crippen LogP contribution < -0.4 is 10.6 Å². The van der Waals surface area contributed by atoms with Crippen LogP contribution in [0.3, 0.4) is 0 Å². The number of halogens is 1. The molecule has 0 aromatic heterocycles. The molecule has 2 saturated heterocycles. The van der Waals surface area contributed by atoms with Gasteiger partial charge in [0.2, 0.25) is 5.91 Å². The van der Waals surface area contributed by atoms with Crippen molar-refractivity contribution in [2.75, 3.05) is 6.61 Å². The van der Waals surface area contributed by atoms with Gasteiger partial charge in [-0.15, -0.1) is 0 Å². The normalized spacial score (nSPS) is 38.8. The Morgan fingerprint density at radius 2 is 2.04 bits per heavy atom. The van der Waals surface area contributed by atoms with E-state index in [-0.39, 0.29) is 17.9 Å². The molecule has 2 aliphatic heterocycles. The third-order valence-corrected chi connectivity index (χ3v) is 5.34. The molecule has 6 unspecified atom stereocenters. The van der Waals surface area contributed by atoms with E-state index >= 15 is 0 Å². The number of amides is 3. The Balaban J connectivity index is 1.53. The number of fused-ring (bicyclic) bond motifs is 2. The summed E-state index contributed by atoms with van der Waals surface area (Å²) in [5.41, 5.74) is 0. The summed E-state index contributed by atoms with van der Waals surface area (Å²) in [4.78, 5) is 23.3. The van der Waals surface area contributed by atoms with E-state index in [1.54, 1.807) is 0 Å². The highest BCUT2D eigenvalue weighted by atomic mass is 19.1. The predicted octanol–water partition coefficient (Wildman–Crippen LogP) is 2.27. The monoisotopic (exact) mass is 342 g/mol. The maximum absolute atomic E-state index is 14.4. The van der Waals surface area contributed by atoms with Crippen LogP contribution in [0.25, 0.3) is 0 Å². The summed E-state index contributed by atoms with van der Waals surface area (Å²) in [5.74, 6) is -0.753. The topological polar surface area (TPSA) is 76.7 Å². The van der Waals surface area contributed by atoms with Crippen LogP contribution in [-0.4, -0.2) is 43.2 Å². The molecule has 24 heavy (non-hydrogen) atoms. The van der Waals surface area contributed by atoms with E-state index in [0.29, 0.717) is 25.9 Å². The summed E-state index contributed by atoms with van der Waals surface area (Å²) in [5, 5.41) is 4.90. The van der Waals surface area contributed by atoms with Crippen molar-refractivity contribution in [1.82, 2.24) is 10.6 Å². The minimum Gasteiger partial charge on any atom is -0.375 e. The summed E-state index contributed by atoms with van der Waals surface area (Å²) in [7, 11) is 0. The Kier molecular flexibility index (Phi) is 5.71. The second-order valence-electron chi connectivity index (χ2n) is 7.12. The lowest BCUT2D eigenvalue weighted by atomic mass is 9.75. The molecule has 1 saturated carbocycles. The number of ether oxygens (including phenoxy) is 2. The van der Waals surface area contributed by atoms with Crippen molar-refractivity contribution in [1.29, 1.82) is 0 Å². The highest BCUT2D eigenvalue weighted by molar-refractivity contribution is 5.98. The second-order valence-corrected chi connectivity index (χ2v) is 7.12. The first-order valence-electron chi connectivity index (χ1n) is 9.11. The van der Waals surface area contributed by atoms with Crippen molar-refractivity contribution < 1.29 is 23.5 Å². The van der Waals surface area contributed by atoms with E-state index in [1.807, 2.05) is 0 Å². The first-order valence-corrected chi connectivity index (χ1v) is 9.11. The van der Waals surface area contributed by atoms with Gasteiger partial charge in [0.1, 0.15) is 12.4 Å². The quantitative estimate of drug-likeness (QED) is 0.726. The lowest BCUT2D eigenvalue weighted by Gasteiger charge is -2.47. The minimum absolute atomic E-state index is 0.00180. The van der Waals surface area contributed by atoms with Crippen molar-refractivity contribution in [2.45, 2.75) is 76.5 Å². The van der Waals surface area contributed by atoms with Crippen LogP contribution in [0.5, 0.6) is 0 Å². The fourth-order valence-electron chi connectivity index (χ4n) is 3.99. The van der Waals surface area contributed by atoms with Crippen molar-refractivity contribution in [3.8, 4) is 0 Å². The lowest BCUT2D eigenvalue weighted by molar-refractivity contribution is -0.182. The molecule has 2 N–H and O–H groups in total. The van der Waals surface area contributed by atoms with Gasteiger partial charge in [0.15, 0.2) is 0 Å². The van der Waals surface area contributed by atoms with E-state index in [2.05, 4.69) is 17.6 Å². The van der Waals surface area contributed by atoms with Gasteiger partial charge >= 0.3 is 6.03 Å². The highest BCUT2D eigenvalue weighted by Crippen LogP contribution is 2.40. The molecular weight excluding hydrogens is 315 g/mol. The van der Waals surface area contributed by atoms with Crippen LogP contribution in [0.2, 0.25) is 0 Å². The van der Waals surface area contributed by atoms with Gasteiger partial charge in [0, 0.05) is 13.0 Å². The van der Waals surface area contributed by atoms with Crippen molar-refractivity contribution in [3.63, 3.8) is 0 Å². The highest BCUT2D eigenvalue weighted by Gasteiger charge is 2.49. The minimum atomic E-state index is -1.01. The smallest absolute Gasteiger partial charge is 0.323 e. The zero-order valence-electron chi connectivity index (χ0n) is 14.1. The third kappa shape index (κ3) is 3.88. The lowest BCUT2D eigenvalue weighted by Crippen LogP contribution is -2.64. The Hall–Kier alpha value is -1.21. The first-order chi connectivity index (χ1) is 11.6. The number of imide groups is 1. The Morgan fingerprint density at radius 1 is 1.21 bits per heavy atom. The van der Waals surface area contributed by atoms with Gasteiger partial charge < -0.3 is 14.8 Å². The standard InChI is InChI=1S/C17H27FN2O4/c1-2-3-4-5-6-23-14-9-13-10(8-12(14)18)7-11-15(21)19-17(22)20-16(11)24-13/h10-14,16H,2-9H2,1H3,(H2,19,20,21,22). The Bertz CT molecular complexity index is 476. The van der Waals surface area contributed by atoms with Gasteiger partial charge in [-0.3, -0.25) is 10.1 Å². The van der Waals surface area contributed by atoms with Gasteiger partial charge in [-0.2, -0.15) is 0 Å². The molecule has 0 spiro atoms. The first kappa shape index (κ1) is 17.6. The summed E-state index contributed by atoms with van der Waals surface area (Å²) < 4.78 is 26.1. The Morgan fingerprint density at radius 3 is 2.83 bits per heavy atom. The average Bonchev–Trinajstić information content (AvgIpc) is 2.54. The summed E-state index contributed by atoms with van der Waals surface area (Å²) in [6.07, 6.45) is 3.55. The Labute approximate surface area is 141 Å². The number of hydrogen-bond acceptors (Lipinski definition) is 4. The second kappa shape index (κ2) is 7.78. The molecule has 7 heteroatoms. The van der Waals surface area contributed by atoms with Gasteiger partial charge in [-0.05, 0) is 25.2 Å². The molecule has 3 rings (SSSR count). The van der Waals surface area contributed by atoms with Crippen molar-refractivity contribution in [3.05, 3.63) is 0 Å². The van der Waals surface area contributed by atoms with Gasteiger partial charge in [-0.25, -0.2) is 9.18 Å². The predicted molar refractivity (Wildman–Crippen MR) is 84.9 cm³/mol. The fourth-order valence-corrected chi connectivity index (χ4v) is 3.99. The average molecular weight is 342 g/mol. The van der Waals surface area contributed by atoms with Crippen LogP contribution in [0.1, 0.15) is 51.9 Å². The maximum atomic E-state index is 14.4. The van der Waals surface area contributed by atoms with E-state index in [1.165, 1.54) is 6.42 Å². The van der Waals surface area contributed by atoms with E-state index in [4.69, 9.17) is 9.47 Å². The van der Waals surface area contributed by atoms with Gasteiger partial charge in [0.05, 0.1) is 18.1 Å². The molecular formula is C17H27FN2O4. The zero-order valence-corrected chi connectivity index (χ0v) is 14.1. The molecule has 3 aliphatic rings. The molecule has 1 aliphatic carbocycles.